The van der Waals surface area contributed by atoms with Crippen LogP contribution in [0.25, 0.3) is 0 Å². The lowest BCUT2D eigenvalue weighted by Gasteiger charge is -2.15. The van der Waals surface area contributed by atoms with Crippen molar-refractivity contribution in [3.05, 3.63) is 40.4 Å². The highest BCUT2D eigenvalue weighted by molar-refractivity contribution is 9.10. The van der Waals surface area contributed by atoms with Crippen molar-refractivity contribution in [1.82, 2.24) is 14.8 Å². The summed E-state index contributed by atoms with van der Waals surface area (Å²) in [6.45, 7) is 7.45. The van der Waals surface area contributed by atoms with Gasteiger partial charge in [0.25, 0.3) is 0 Å². The summed E-state index contributed by atoms with van der Waals surface area (Å²) in [5.41, 5.74) is 6.97. The minimum atomic E-state index is -0.0916. The summed E-state index contributed by atoms with van der Waals surface area (Å²) < 4.78 is 8.77. The molecule has 0 unspecified atom stereocenters. The van der Waals surface area contributed by atoms with Crippen LogP contribution in [0.15, 0.2) is 29.0 Å². The van der Waals surface area contributed by atoms with Crippen molar-refractivity contribution in [2.75, 3.05) is 0 Å². The first kappa shape index (κ1) is 16.0. The van der Waals surface area contributed by atoms with Crippen LogP contribution in [0.1, 0.15) is 38.2 Å². The molecule has 21 heavy (non-hydrogen) atoms. The van der Waals surface area contributed by atoms with Gasteiger partial charge in [-0.25, -0.2) is 9.67 Å². The second kappa shape index (κ2) is 7.04. The predicted octanol–water partition coefficient (Wildman–Crippen LogP) is 3.30. The first-order valence-corrected chi connectivity index (χ1v) is 7.81. The van der Waals surface area contributed by atoms with Gasteiger partial charge in [-0.15, -0.1) is 0 Å². The van der Waals surface area contributed by atoms with Gasteiger partial charge >= 0.3 is 0 Å². The molecule has 2 rings (SSSR count). The molecule has 5 nitrogen and oxygen atoms in total. The molecule has 6 heteroatoms. The fourth-order valence-corrected chi connectivity index (χ4v) is 2.43. The van der Waals surface area contributed by atoms with Crippen LogP contribution in [0.2, 0.25) is 0 Å². The number of nitrogens with two attached hydrogens (primary N) is 1. The van der Waals surface area contributed by atoms with E-state index in [1.165, 1.54) is 0 Å². The summed E-state index contributed by atoms with van der Waals surface area (Å²) in [5, 5.41) is 4.23. The third kappa shape index (κ3) is 4.28. The van der Waals surface area contributed by atoms with Gasteiger partial charge in [-0.05, 0) is 31.0 Å². The van der Waals surface area contributed by atoms with Crippen LogP contribution in [-0.2, 0) is 13.2 Å². The third-order valence-electron chi connectivity index (χ3n) is 3.05. The van der Waals surface area contributed by atoms with E-state index in [-0.39, 0.29) is 6.04 Å². The lowest BCUT2D eigenvalue weighted by molar-refractivity contribution is 0.279. The number of nitrogens with zero attached hydrogens (tertiary/aromatic N) is 3. The van der Waals surface area contributed by atoms with Crippen LogP contribution in [0.4, 0.5) is 0 Å². The maximum absolute atomic E-state index is 5.99. The molecule has 0 radical (unpaired) electrons. The summed E-state index contributed by atoms with van der Waals surface area (Å²) >= 11 is 3.46. The molecule has 0 spiro atoms. The van der Waals surface area contributed by atoms with Crippen LogP contribution in [0.5, 0.6) is 5.75 Å². The van der Waals surface area contributed by atoms with E-state index in [1.807, 2.05) is 29.8 Å². The Kier molecular flexibility index (Phi) is 5.36. The monoisotopic (exact) mass is 352 g/mol. The molecule has 0 saturated heterocycles. The molecular weight excluding hydrogens is 332 g/mol. The Balaban J connectivity index is 2.12. The molecular formula is C15H21BrN4O. The minimum absolute atomic E-state index is 0.0916. The Bertz CT molecular complexity index is 595. The van der Waals surface area contributed by atoms with Crippen molar-refractivity contribution >= 4 is 15.9 Å². The third-order valence-corrected chi connectivity index (χ3v) is 3.55. The largest absolute Gasteiger partial charge is 0.485 e. The number of rotatable bonds is 6. The fraction of sp³-hybridized carbons (Fsp3) is 0.467. The Labute approximate surface area is 133 Å². The lowest BCUT2D eigenvalue weighted by atomic mass is 10.1. The van der Waals surface area contributed by atoms with E-state index in [4.69, 9.17) is 10.5 Å². The fourth-order valence-electron chi connectivity index (χ4n) is 2.05. The second-order valence-corrected chi connectivity index (χ2v) is 6.43. The number of hydrogen-bond donors (Lipinski definition) is 1. The highest BCUT2D eigenvalue weighted by atomic mass is 79.9. The summed E-state index contributed by atoms with van der Waals surface area (Å²) in [4.78, 5) is 4.26. The summed E-state index contributed by atoms with van der Waals surface area (Å²) in [7, 11) is 0. The van der Waals surface area contributed by atoms with E-state index in [9.17, 15) is 0 Å². The Hall–Kier alpha value is -1.40. The van der Waals surface area contributed by atoms with Gasteiger partial charge in [0.2, 0.25) is 0 Å². The van der Waals surface area contributed by atoms with Crippen molar-refractivity contribution in [1.29, 1.82) is 0 Å². The maximum Gasteiger partial charge on any atom is 0.164 e. The zero-order valence-corrected chi connectivity index (χ0v) is 14.2. The molecule has 0 fully saturated rings. The molecule has 114 valence electrons. The van der Waals surface area contributed by atoms with Crippen LogP contribution < -0.4 is 10.5 Å². The molecule has 0 aliphatic heterocycles. The SMILES string of the molecule is CC(C)Cn1ncnc1COc1ccc(Br)cc1[C@H](C)N. The first-order chi connectivity index (χ1) is 9.97. The minimum Gasteiger partial charge on any atom is -0.485 e. The van der Waals surface area contributed by atoms with Crippen molar-refractivity contribution in [3.63, 3.8) is 0 Å². The molecule has 0 bridgehead atoms. The molecule has 0 aliphatic carbocycles. The topological polar surface area (TPSA) is 66.0 Å². The van der Waals surface area contributed by atoms with Gasteiger partial charge < -0.3 is 10.5 Å². The van der Waals surface area contributed by atoms with Gasteiger partial charge in [-0.3, -0.25) is 0 Å². The first-order valence-electron chi connectivity index (χ1n) is 7.02. The highest BCUT2D eigenvalue weighted by Crippen LogP contribution is 2.28. The molecule has 2 N–H and O–H groups in total. The Morgan fingerprint density at radius 2 is 2.10 bits per heavy atom. The van der Waals surface area contributed by atoms with Crippen LogP contribution in [-0.4, -0.2) is 14.8 Å². The Morgan fingerprint density at radius 3 is 2.76 bits per heavy atom. The molecule has 1 atom stereocenters. The van der Waals surface area contributed by atoms with Gasteiger partial charge in [0, 0.05) is 22.6 Å². The lowest BCUT2D eigenvalue weighted by Crippen LogP contribution is -2.13. The molecule has 0 aliphatic rings. The van der Waals surface area contributed by atoms with E-state index in [2.05, 4.69) is 39.9 Å². The Morgan fingerprint density at radius 1 is 1.33 bits per heavy atom. The number of benzene rings is 1. The van der Waals surface area contributed by atoms with E-state index >= 15 is 0 Å². The molecule has 0 saturated carbocycles. The predicted molar refractivity (Wildman–Crippen MR) is 85.9 cm³/mol. The molecule has 0 amide bonds. The summed E-state index contributed by atoms with van der Waals surface area (Å²) in [6.07, 6.45) is 1.56. The number of ether oxygens (including phenoxy) is 1. The van der Waals surface area contributed by atoms with E-state index in [0.29, 0.717) is 12.5 Å². The maximum atomic E-state index is 5.99. The molecule has 2 aromatic rings. The van der Waals surface area contributed by atoms with Crippen LogP contribution in [0.3, 0.4) is 0 Å². The van der Waals surface area contributed by atoms with Crippen molar-refractivity contribution in [2.45, 2.75) is 40.0 Å². The standard InChI is InChI=1S/C15H21BrN4O/c1-10(2)7-20-15(18-9-19-20)8-21-14-5-4-12(16)6-13(14)11(3)17/h4-6,9-11H,7-8,17H2,1-3H3/t11-/m0/s1. The summed E-state index contributed by atoms with van der Waals surface area (Å²) in [5.74, 6) is 2.12. The van der Waals surface area contributed by atoms with E-state index < -0.39 is 0 Å². The van der Waals surface area contributed by atoms with Crippen molar-refractivity contribution < 1.29 is 4.74 Å². The number of halogens is 1. The highest BCUT2D eigenvalue weighted by Gasteiger charge is 2.11. The number of aromatic nitrogens is 3. The van der Waals surface area contributed by atoms with Crippen LogP contribution in [0, 0.1) is 5.92 Å². The van der Waals surface area contributed by atoms with Crippen molar-refractivity contribution in [2.24, 2.45) is 11.7 Å². The van der Waals surface area contributed by atoms with Crippen LogP contribution >= 0.6 is 15.9 Å². The number of hydrogen-bond acceptors (Lipinski definition) is 4. The van der Waals surface area contributed by atoms with Gasteiger partial charge in [0.05, 0.1) is 0 Å². The van der Waals surface area contributed by atoms with Crippen molar-refractivity contribution in [3.8, 4) is 5.75 Å². The quantitative estimate of drug-likeness (QED) is 0.865. The molecule has 1 heterocycles. The zero-order chi connectivity index (χ0) is 15.4. The molecule has 1 aromatic carbocycles. The second-order valence-electron chi connectivity index (χ2n) is 5.51. The average Bonchev–Trinajstić information content (AvgIpc) is 2.83. The van der Waals surface area contributed by atoms with Gasteiger partial charge in [-0.2, -0.15) is 5.10 Å². The van der Waals surface area contributed by atoms with Gasteiger partial charge in [0.1, 0.15) is 18.7 Å². The smallest absolute Gasteiger partial charge is 0.164 e. The van der Waals surface area contributed by atoms with Gasteiger partial charge in [0.15, 0.2) is 5.82 Å². The molecule has 1 aromatic heterocycles. The van der Waals surface area contributed by atoms with E-state index in [0.717, 1.165) is 28.2 Å². The van der Waals surface area contributed by atoms with Gasteiger partial charge in [-0.1, -0.05) is 29.8 Å². The summed E-state index contributed by atoms with van der Waals surface area (Å²) in [6, 6.07) is 5.76. The average molecular weight is 353 g/mol. The van der Waals surface area contributed by atoms with E-state index in [1.54, 1.807) is 6.33 Å². The zero-order valence-electron chi connectivity index (χ0n) is 12.6. The normalized spacial score (nSPS) is 12.7.